The van der Waals surface area contributed by atoms with Gasteiger partial charge in [-0.15, -0.1) is 0 Å². The molecule has 0 aliphatic carbocycles. The van der Waals surface area contributed by atoms with E-state index < -0.39 is 17.8 Å². The van der Waals surface area contributed by atoms with Gasteiger partial charge in [-0.05, 0) is 24.3 Å². The van der Waals surface area contributed by atoms with E-state index in [1.807, 2.05) is 4.90 Å². The van der Waals surface area contributed by atoms with Crippen molar-refractivity contribution in [2.24, 2.45) is 0 Å². The fourth-order valence-corrected chi connectivity index (χ4v) is 3.32. The number of anilines is 1. The molecule has 0 radical (unpaired) electrons. The number of methoxy groups -OCH3 is 1. The van der Waals surface area contributed by atoms with Crippen LogP contribution < -0.4 is 4.90 Å². The van der Waals surface area contributed by atoms with Gasteiger partial charge in [-0.2, -0.15) is 18.3 Å². The van der Waals surface area contributed by atoms with Crippen molar-refractivity contribution in [2.45, 2.75) is 18.7 Å². The first-order valence-corrected chi connectivity index (χ1v) is 8.61. The summed E-state index contributed by atoms with van der Waals surface area (Å²) in [6.45, 7) is 0.847. The minimum Gasteiger partial charge on any atom is -0.374 e. The maximum absolute atomic E-state index is 13.6. The van der Waals surface area contributed by atoms with Crippen LogP contribution in [-0.2, 0) is 10.9 Å². The molecule has 10 heteroatoms. The molecule has 4 heterocycles. The van der Waals surface area contributed by atoms with Crippen molar-refractivity contribution in [3.8, 4) is 11.4 Å². The fraction of sp³-hybridized carbons (Fsp3) is 0.333. The molecule has 1 fully saturated rings. The molecule has 1 aliphatic rings. The highest BCUT2D eigenvalue weighted by Crippen LogP contribution is 2.38. The topological polar surface area (TPSA) is 90.8 Å². The van der Waals surface area contributed by atoms with E-state index in [0.717, 1.165) is 6.07 Å². The van der Waals surface area contributed by atoms with Crippen molar-refractivity contribution in [1.29, 1.82) is 5.41 Å². The van der Waals surface area contributed by atoms with Crippen LogP contribution in [0.1, 0.15) is 12.0 Å². The predicted molar refractivity (Wildman–Crippen MR) is 97.5 cm³/mol. The molecule has 0 spiro atoms. The lowest BCUT2D eigenvalue weighted by Crippen LogP contribution is -2.45. The quantitative estimate of drug-likeness (QED) is 0.716. The average molecular weight is 390 g/mol. The summed E-state index contributed by atoms with van der Waals surface area (Å²) in [5.74, 6) is 0.393. The van der Waals surface area contributed by atoms with E-state index in [2.05, 4.69) is 20.2 Å². The van der Waals surface area contributed by atoms with E-state index in [-0.39, 0.29) is 11.4 Å². The minimum absolute atomic E-state index is 0.172. The van der Waals surface area contributed by atoms with Gasteiger partial charge in [0, 0.05) is 37.4 Å². The van der Waals surface area contributed by atoms with Gasteiger partial charge in [-0.3, -0.25) is 5.10 Å². The second kappa shape index (κ2) is 6.86. The second-order valence-corrected chi connectivity index (χ2v) is 6.48. The van der Waals surface area contributed by atoms with Crippen LogP contribution in [-0.4, -0.2) is 52.2 Å². The zero-order valence-corrected chi connectivity index (χ0v) is 14.9. The molecule has 2 N–H and O–H groups in total. The number of H-pyrrole nitrogens is 1. The van der Waals surface area contributed by atoms with E-state index in [0.29, 0.717) is 42.1 Å². The summed E-state index contributed by atoms with van der Waals surface area (Å²) in [5.41, 5.74) is -0.112. The number of aromatic nitrogens is 4. The Morgan fingerprint density at radius 2 is 2.11 bits per heavy atom. The lowest BCUT2D eigenvalue weighted by atomic mass is 10.0. The van der Waals surface area contributed by atoms with Crippen molar-refractivity contribution >= 4 is 22.6 Å². The molecule has 7 nitrogen and oxygen atoms in total. The van der Waals surface area contributed by atoms with Crippen molar-refractivity contribution < 1.29 is 17.9 Å². The monoisotopic (exact) mass is 390 g/mol. The molecule has 0 bridgehead atoms. The Kier molecular flexibility index (Phi) is 4.50. The molecule has 0 saturated carbocycles. The number of pyridine rings is 2. The maximum atomic E-state index is 13.6. The van der Waals surface area contributed by atoms with E-state index in [9.17, 15) is 13.2 Å². The Morgan fingerprint density at radius 1 is 1.29 bits per heavy atom. The first-order chi connectivity index (χ1) is 13.4. The van der Waals surface area contributed by atoms with Gasteiger partial charge in [0.25, 0.3) is 0 Å². The molecule has 1 saturated heterocycles. The lowest BCUT2D eigenvalue weighted by molar-refractivity contribution is -0.137. The Bertz CT molecular complexity index is 1030. The number of hydrogen-bond donors (Lipinski definition) is 2. The third-order valence-electron chi connectivity index (χ3n) is 4.79. The van der Waals surface area contributed by atoms with Gasteiger partial charge >= 0.3 is 6.18 Å². The summed E-state index contributed by atoms with van der Waals surface area (Å²) in [5, 5.41) is 15.0. The molecule has 0 aromatic carbocycles. The fourth-order valence-electron chi connectivity index (χ4n) is 3.32. The van der Waals surface area contributed by atoms with Gasteiger partial charge in [0.15, 0.2) is 5.65 Å². The summed E-state index contributed by atoms with van der Waals surface area (Å²) in [4.78, 5) is 10.2. The highest BCUT2D eigenvalue weighted by atomic mass is 19.4. The number of halogens is 3. The number of hydrogen-bond acceptors (Lipinski definition) is 6. The zero-order chi connectivity index (χ0) is 19.9. The molecule has 3 aromatic heterocycles. The molecule has 28 heavy (non-hydrogen) atoms. The number of rotatable bonds is 3. The predicted octanol–water partition coefficient (Wildman–Crippen LogP) is 3.28. The van der Waals surface area contributed by atoms with Gasteiger partial charge in [-0.1, -0.05) is 0 Å². The third-order valence-corrected chi connectivity index (χ3v) is 4.79. The van der Waals surface area contributed by atoms with E-state index in [4.69, 9.17) is 10.1 Å². The Hall–Kier alpha value is -3.01. The zero-order valence-electron chi connectivity index (χ0n) is 14.9. The van der Waals surface area contributed by atoms with Crippen LogP contribution in [0.25, 0.3) is 22.4 Å². The highest BCUT2D eigenvalue weighted by Gasteiger charge is 2.36. The van der Waals surface area contributed by atoms with E-state index in [1.165, 1.54) is 19.4 Å². The van der Waals surface area contributed by atoms with Crippen molar-refractivity contribution in [2.75, 3.05) is 25.1 Å². The van der Waals surface area contributed by atoms with Gasteiger partial charge in [0.2, 0.25) is 0 Å². The van der Waals surface area contributed by atoms with E-state index in [1.54, 1.807) is 12.1 Å². The smallest absolute Gasteiger partial charge is 0.374 e. The number of nitrogens with zero attached hydrogens (tertiary/aromatic N) is 4. The van der Waals surface area contributed by atoms with Crippen LogP contribution >= 0.6 is 0 Å². The molecule has 0 amide bonds. The van der Waals surface area contributed by atoms with Crippen LogP contribution in [0.3, 0.4) is 0 Å². The maximum Gasteiger partial charge on any atom is 0.418 e. The summed E-state index contributed by atoms with van der Waals surface area (Å²) in [6, 6.07) is 5.67. The molecule has 1 atom stereocenters. The van der Waals surface area contributed by atoms with Crippen molar-refractivity contribution in [3.63, 3.8) is 0 Å². The standard InChI is InChI=1S/C18H17F3N6O/c1-28-13-9-27(8-6-12(13)22)14-5-4-11(18(19,20)21)16(24-14)15-10-3-2-7-23-17(10)26-25-15/h2-5,7,13,22H,6,8-9H2,1H3,(H,23,25,26). The van der Waals surface area contributed by atoms with Crippen molar-refractivity contribution in [3.05, 3.63) is 36.0 Å². The number of ether oxygens (including phenoxy) is 1. The lowest BCUT2D eigenvalue weighted by Gasteiger charge is -2.33. The highest BCUT2D eigenvalue weighted by molar-refractivity contribution is 5.91. The van der Waals surface area contributed by atoms with Gasteiger partial charge in [-0.25, -0.2) is 9.97 Å². The number of fused-ring (bicyclic) bond motifs is 1. The normalized spacial score (nSPS) is 18.1. The summed E-state index contributed by atoms with van der Waals surface area (Å²) in [7, 11) is 1.51. The average Bonchev–Trinajstić information content (AvgIpc) is 3.11. The Labute approximate surface area is 158 Å². The number of piperidine rings is 1. The third kappa shape index (κ3) is 3.19. The molecule has 146 valence electrons. The van der Waals surface area contributed by atoms with Gasteiger partial charge in [0.1, 0.15) is 17.6 Å². The summed E-state index contributed by atoms with van der Waals surface area (Å²) >= 11 is 0. The van der Waals surface area contributed by atoms with Gasteiger partial charge in [0.05, 0.1) is 17.8 Å². The van der Waals surface area contributed by atoms with E-state index >= 15 is 0 Å². The van der Waals surface area contributed by atoms with Crippen LogP contribution in [0.15, 0.2) is 30.5 Å². The van der Waals surface area contributed by atoms with Crippen molar-refractivity contribution in [1.82, 2.24) is 20.2 Å². The van der Waals surface area contributed by atoms with Crippen LogP contribution in [0.2, 0.25) is 0 Å². The summed E-state index contributed by atoms with van der Waals surface area (Å²) < 4.78 is 46.2. The first kappa shape index (κ1) is 18.4. The Morgan fingerprint density at radius 3 is 2.86 bits per heavy atom. The Balaban J connectivity index is 1.82. The van der Waals surface area contributed by atoms with Crippen LogP contribution in [0, 0.1) is 5.41 Å². The largest absolute Gasteiger partial charge is 0.418 e. The number of aromatic amines is 1. The number of nitrogens with one attached hydrogen (secondary N) is 2. The van der Waals surface area contributed by atoms with Gasteiger partial charge < -0.3 is 15.0 Å². The molecule has 3 aromatic rings. The summed E-state index contributed by atoms with van der Waals surface area (Å²) in [6.07, 6.45) is -2.99. The molecule has 1 aliphatic heterocycles. The second-order valence-electron chi connectivity index (χ2n) is 6.48. The first-order valence-electron chi connectivity index (χ1n) is 8.61. The molecular formula is C18H17F3N6O. The molecule has 1 unspecified atom stereocenters. The number of alkyl halides is 3. The molecular weight excluding hydrogens is 373 g/mol. The minimum atomic E-state index is -4.57. The van der Waals surface area contributed by atoms with Crippen LogP contribution in [0.4, 0.5) is 19.0 Å². The SMILES string of the molecule is COC1CN(c2ccc(C(F)(F)F)c(-c3[nH]nc4ncccc34)n2)CCC1=N. The molecule has 4 rings (SSSR count). The van der Waals surface area contributed by atoms with Crippen LogP contribution in [0.5, 0.6) is 0 Å².